The van der Waals surface area contributed by atoms with E-state index in [9.17, 15) is 0 Å². The highest BCUT2D eigenvalue weighted by atomic mass is 15.4. The first-order valence-corrected chi connectivity index (χ1v) is 18.5. The molecule has 8 nitrogen and oxygen atoms in total. The molecule has 0 radical (unpaired) electrons. The summed E-state index contributed by atoms with van der Waals surface area (Å²) in [6.07, 6.45) is 7.96. The number of anilines is 2. The number of hydrogen-bond donors (Lipinski definition) is 0. The number of rotatable bonds is 4. The molecule has 1 saturated carbocycles. The summed E-state index contributed by atoms with van der Waals surface area (Å²) in [5.41, 5.74) is 7.95. The first-order chi connectivity index (χ1) is 26.0. The standard InChI is InChI=1S/C45H36N8/c1-44-24-11-12-25-45(44,2)53(39-27-46-28-47-40(39)44)43-49-41(48-42(50-43)52-37-22-9-5-18-33(37)34-19-6-10-23-38(34)52)29-14-13-15-30(26-29)51-35-20-7-3-16-31(35)32-17-4-8-21-36(32)51/h3-10,13-23,26-28H,11-12,24-25H2,1-2H3. The second-order valence-electron chi connectivity index (χ2n) is 15.0. The van der Waals surface area contributed by atoms with Crippen molar-refractivity contribution in [3.8, 4) is 23.0 Å². The number of hydrogen-bond acceptors (Lipinski definition) is 6. The first kappa shape index (κ1) is 30.2. The van der Waals surface area contributed by atoms with Gasteiger partial charge < -0.3 is 9.47 Å². The van der Waals surface area contributed by atoms with Gasteiger partial charge in [-0.2, -0.15) is 15.0 Å². The van der Waals surface area contributed by atoms with Crippen molar-refractivity contribution in [3.05, 3.63) is 140 Å². The Kier molecular flexibility index (Phi) is 6.30. The highest BCUT2D eigenvalue weighted by Gasteiger charge is 2.59. The summed E-state index contributed by atoms with van der Waals surface area (Å²) < 4.78 is 4.53. The smallest absolute Gasteiger partial charge is 0.240 e. The second kappa shape index (κ2) is 11.0. The summed E-state index contributed by atoms with van der Waals surface area (Å²) in [5.74, 6) is 1.80. The van der Waals surface area contributed by atoms with Gasteiger partial charge in [-0.1, -0.05) is 105 Å². The van der Waals surface area contributed by atoms with E-state index < -0.39 is 0 Å². The molecule has 5 heterocycles. The zero-order valence-corrected chi connectivity index (χ0v) is 29.6. The molecule has 2 aliphatic rings. The van der Waals surface area contributed by atoms with Gasteiger partial charge in [-0.3, -0.25) is 4.57 Å². The van der Waals surface area contributed by atoms with Gasteiger partial charge >= 0.3 is 0 Å². The lowest BCUT2D eigenvalue weighted by Gasteiger charge is -2.48. The van der Waals surface area contributed by atoms with Crippen molar-refractivity contribution in [2.24, 2.45) is 0 Å². The fraction of sp³-hybridized carbons (Fsp3) is 0.178. The van der Waals surface area contributed by atoms with Gasteiger partial charge in [0.05, 0.1) is 45.2 Å². The SMILES string of the molecule is CC12CCCCC1(C)N(c1nc(-c3cccc(-n4c5ccccc5c5ccccc54)c3)nc(-n3c4ccccc4c4ccccc43)n1)c1cncnc12. The van der Waals surface area contributed by atoms with Gasteiger partial charge in [0.2, 0.25) is 11.9 Å². The van der Waals surface area contributed by atoms with Crippen LogP contribution >= 0.6 is 0 Å². The lowest BCUT2D eigenvalue weighted by molar-refractivity contribution is 0.190. The zero-order chi connectivity index (χ0) is 35.3. The Hall–Kier alpha value is -6.41. The molecule has 2 atom stereocenters. The van der Waals surface area contributed by atoms with E-state index in [-0.39, 0.29) is 11.0 Å². The first-order valence-electron chi connectivity index (χ1n) is 18.5. The van der Waals surface area contributed by atoms with Crippen LogP contribution in [0.5, 0.6) is 0 Å². The Bertz CT molecular complexity index is 2820. The number of fused-ring (bicyclic) bond motifs is 9. The molecule has 0 amide bonds. The largest absolute Gasteiger partial charge is 0.309 e. The third-order valence-corrected chi connectivity index (χ3v) is 12.3. The van der Waals surface area contributed by atoms with Crippen LogP contribution in [0.1, 0.15) is 45.2 Å². The van der Waals surface area contributed by atoms with E-state index in [4.69, 9.17) is 19.9 Å². The van der Waals surface area contributed by atoms with Crippen LogP contribution in [0.3, 0.4) is 0 Å². The third kappa shape index (κ3) is 4.14. The van der Waals surface area contributed by atoms with E-state index in [0.717, 1.165) is 81.2 Å². The van der Waals surface area contributed by atoms with Crippen molar-refractivity contribution in [2.75, 3.05) is 4.90 Å². The fourth-order valence-corrected chi connectivity index (χ4v) is 9.54. The Morgan fingerprint density at radius 1 is 0.566 bits per heavy atom. The highest BCUT2D eigenvalue weighted by Crippen LogP contribution is 2.59. The predicted molar refractivity (Wildman–Crippen MR) is 212 cm³/mol. The lowest BCUT2D eigenvalue weighted by atomic mass is 9.63. The summed E-state index contributed by atoms with van der Waals surface area (Å²) in [4.78, 5) is 28.0. The van der Waals surface area contributed by atoms with Crippen LogP contribution in [0.25, 0.3) is 66.6 Å². The molecular weight excluding hydrogens is 653 g/mol. The van der Waals surface area contributed by atoms with Crippen molar-refractivity contribution in [2.45, 2.75) is 50.5 Å². The van der Waals surface area contributed by atoms with Gasteiger partial charge in [-0.25, -0.2) is 9.97 Å². The molecule has 4 aromatic heterocycles. The minimum absolute atomic E-state index is 0.181. The average molecular weight is 689 g/mol. The normalized spacial score (nSPS) is 19.7. The Morgan fingerprint density at radius 3 is 1.77 bits per heavy atom. The van der Waals surface area contributed by atoms with E-state index in [1.54, 1.807) is 6.33 Å². The monoisotopic (exact) mass is 688 g/mol. The maximum atomic E-state index is 5.41. The predicted octanol–water partition coefficient (Wildman–Crippen LogP) is 10.3. The summed E-state index contributed by atoms with van der Waals surface area (Å²) in [6, 6.07) is 42.8. The van der Waals surface area contributed by atoms with Crippen LogP contribution < -0.4 is 4.90 Å². The molecule has 11 rings (SSSR count). The maximum Gasteiger partial charge on any atom is 0.240 e. The van der Waals surface area contributed by atoms with E-state index in [2.05, 4.69) is 154 Å². The molecule has 256 valence electrons. The molecule has 0 N–H and O–H groups in total. The second-order valence-corrected chi connectivity index (χ2v) is 15.0. The minimum atomic E-state index is -0.300. The summed E-state index contributed by atoms with van der Waals surface area (Å²) in [7, 11) is 0. The van der Waals surface area contributed by atoms with Gasteiger partial charge in [-0.15, -0.1) is 0 Å². The van der Waals surface area contributed by atoms with E-state index in [1.807, 2.05) is 6.20 Å². The summed E-state index contributed by atoms with van der Waals surface area (Å²) in [6.45, 7) is 4.73. The fourth-order valence-electron chi connectivity index (χ4n) is 9.54. The van der Waals surface area contributed by atoms with Gasteiger partial charge in [0.1, 0.15) is 6.33 Å². The van der Waals surface area contributed by atoms with Crippen LogP contribution in [0.4, 0.5) is 11.6 Å². The van der Waals surface area contributed by atoms with Crippen LogP contribution in [0.15, 0.2) is 134 Å². The molecular formula is C45H36N8. The molecule has 2 unspecified atom stereocenters. The molecule has 1 aliphatic heterocycles. The molecule has 9 aromatic rings. The molecule has 0 bridgehead atoms. The highest BCUT2D eigenvalue weighted by molar-refractivity contribution is 6.10. The Balaban J connectivity index is 1.19. The number of para-hydroxylation sites is 4. The summed E-state index contributed by atoms with van der Waals surface area (Å²) >= 11 is 0. The minimum Gasteiger partial charge on any atom is -0.309 e. The van der Waals surface area contributed by atoms with Crippen molar-refractivity contribution in [3.63, 3.8) is 0 Å². The molecule has 53 heavy (non-hydrogen) atoms. The molecule has 0 saturated heterocycles. The van der Waals surface area contributed by atoms with Gasteiger partial charge in [0, 0.05) is 38.2 Å². The Morgan fingerprint density at radius 2 is 1.13 bits per heavy atom. The van der Waals surface area contributed by atoms with Gasteiger partial charge in [-0.05, 0) is 56.2 Å². The van der Waals surface area contributed by atoms with Crippen molar-refractivity contribution in [1.82, 2.24) is 34.1 Å². The number of aromatic nitrogens is 7. The summed E-state index contributed by atoms with van der Waals surface area (Å²) in [5, 5.41) is 4.77. The van der Waals surface area contributed by atoms with Crippen LogP contribution in [0.2, 0.25) is 0 Å². The molecule has 8 heteroatoms. The van der Waals surface area contributed by atoms with Crippen molar-refractivity contribution < 1.29 is 0 Å². The van der Waals surface area contributed by atoms with Crippen LogP contribution in [0, 0.1) is 0 Å². The average Bonchev–Trinajstić information content (AvgIpc) is 3.79. The molecule has 0 spiro atoms. The van der Waals surface area contributed by atoms with Crippen LogP contribution in [-0.2, 0) is 5.41 Å². The number of benzene rings is 5. The molecule has 1 fully saturated rings. The maximum absolute atomic E-state index is 5.41. The molecule has 1 aliphatic carbocycles. The van der Waals surface area contributed by atoms with Crippen molar-refractivity contribution in [1.29, 1.82) is 0 Å². The van der Waals surface area contributed by atoms with E-state index in [0.29, 0.717) is 17.7 Å². The van der Waals surface area contributed by atoms with Gasteiger partial charge in [0.25, 0.3) is 0 Å². The quantitative estimate of drug-likeness (QED) is 0.183. The van der Waals surface area contributed by atoms with E-state index in [1.165, 1.54) is 10.8 Å². The van der Waals surface area contributed by atoms with Crippen LogP contribution in [-0.4, -0.2) is 39.6 Å². The van der Waals surface area contributed by atoms with Gasteiger partial charge in [0.15, 0.2) is 5.82 Å². The van der Waals surface area contributed by atoms with E-state index >= 15 is 0 Å². The topological polar surface area (TPSA) is 77.5 Å². The lowest BCUT2D eigenvalue weighted by Crippen LogP contribution is -2.55. The molecule has 5 aromatic carbocycles. The Labute approximate surface area is 306 Å². The van der Waals surface area contributed by atoms with Crippen molar-refractivity contribution >= 4 is 55.2 Å². The zero-order valence-electron chi connectivity index (χ0n) is 29.6. The third-order valence-electron chi connectivity index (χ3n) is 12.3. The number of nitrogens with zero attached hydrogens (tertiary/aromatic N) is 8.